The molecule has 3 rings (SSSR count). The molecule has 170 valence electrons. The van der Waals surface area contributed by atoms with Crippen LogP contribution in [-0.2, 0) is 26.0 Å². The molecule has 0 bridgehead atoms. The number of carbonyl (C=O) groups is 2. The Bertz CT molecular complexity index is 1260. The minimum absolute atomic E-state index is 0.0135. The van der Waals surface area contributed by atoms with Crippen LogP contribution in [0.3, 0.4) is 0 Å². The normalized spacial score (nSPS) is 13.0. The Kier molecular flexibility index (Phi) is 6.27. The number of carbonyl (C=O) groups excluding carboxylic acids is 1. The van der Waals surface area contributed by atoms with Crippen molar-refractivity contribution in [2.24, 2.45) is 0 Å². The zero-order valence-corrected chi connectivity index (χ0v) is 19.0. The summed E-state index contributed by atoms with van der Waals surface area (Å²) in [5.74, 6) is -1.21. The number of rotatable bonds is 6. The number of alkyl carbamates (subject to hydrolysis) is 1. The van der Waals surface area contributed by atoms with Crippen molar-refractivity contribution in [1.29, 1.82) is 0 Å². The summed E-state index contributed by atoms with van der Waals surface area (Å²) >= 11 is 0. The van der Waals surface area contributed by atoms with Crippen LogP contribution in [0.2, 0.25) is 0 Å². The average molecular weight is 460 g/mol. The first kappa shape index (κ1) is 23.3. The molecule has 1 amide bonds. The highest BCUT2D eigenvalue weighted by Gasteiger charge is 2.25. The molecule has 0 saturated carbocycles. The van der Waals surface area contributed by atoms with Gasteiger partial charge in [-0.3, -0.25) is 0 Å². The third-order valence-corrected chi connectivity index (χ3v) is 6.19. The molecule has 0 aliphatic carbocycles. The van der Waals surface area contributed by atoms with E-state index in [0.29, 0.717) is 16.5 Å². The van der Waals surface area contributed by atoms with Gasteiger partial charge >= 0.3 is 12.1 Å². The third-order valence-electron chi connectivity index (χ3n) is 4.58. The first-order chi connectivity index (χ1) is 14.9. The Hall–Kier alpha value is -3.40. The molecule has 32 heavy (non-hydrogen) atoms. The minimum Gasteiger partial charge on any atom is -0.480 e. The summed E-state index contributed by atoms with van der Waals surface area (Å²) in [4.78, 5) is 23.7. The summed E-state index contributed by atoms with van der Waals surface area (Å²) in [6.45, 7) is 6.90. The first-order valence-electron chi connectivity index (χ1n) is 9.88. The fourth-order valence-corrected chi connectivity index (χ4v) is 4.35. The Balaban J connectivity index is 1.85. The minimum atomic E-state index is -3.88. The number of amides is 1. The molecular formula is C22H25N3O6S. The molecule has 9 nitrogen and oxygen atoms in total. The number of aromatic nitrogens is 2. The van der Waals surface area contributed by atoms with Crippen LogP contribution in [0.25, 0.3) is 10.9 Å². The third kappa shape index (κ3) is 5.25. The van der Waals surface area contributed by atoms with Crippen LogP contribution < -0.4 is 5.32 Å². The summed E-state index contributed by atoms with van der Waals surface area (Å²) in [6.07, 6.45) is 0.560. The molecule has 0 radical (unpaired) electrons. The van der Waals surface area contributed by atoms with Gasteiger partial charge in [0.05, 0.1) is 16.6 Å². The summed E-state index contributed by atoms with van der Waals surface area (Å²) in [5.41, 5.74) is 1.13. The fourth-order valence-electron chi connectivity index (χ4n) is 3.07. The Labute approximate surface area is 186 Å². The van der Waals surface area contributed by atoms with Gasteiger partial charge in [0.25, 0.3) is 10.0 Å². The second-order valence-electron chi connectivity index (χ2n) is 8.44. The molecule has 0 aliphatic heterocycles. The maximum Gasteiger partial charge on any atom is 0.408 e. The SMILES string of the molecule is Cc1ccc(S(=O)(=O)n2ncc3cc(CC(NC(=O)OC(C)(C)C)C(=O)O)ccc32)cc1. The number of fused-ring (bicyclic) bond motifs is 1. The van der Waals surface area contributed by atoms with E-state index in [2.05, 4.69) is 10.4 Å². The highest BCUT2D eigenvalue weighted by atomic mass is 32.2. The van der Waals surface area contributed by atoms with Crippen molar-refractivity contribution in [2.75, 3.05) is 0 Å². The maximum absolute atomic E-state index is 13.0. The predicted octanol–water partition coefficient (Wildman–Crippen LogP) is 3.10. The van der Waals surface area contributed by atoms with E-state index in [1.54, 1.807) is 51.1 Å². The molecule has 1 atom stereocenters. The molecule has 0 aliphatic rings. The zero-order chi connectivity index (χ0) is 23.7. The molecule has 3 aromatic rings. The van der Waals surface area contributed by atoms with Gasteiger partial charge in [0.1, 0.15) is 11.6 Å². The number of nitrogens with one attached hydrogen (secondary N) is 1. The summed E-state index contributed by atoms with van der Waals surface area (Å²) in [5, 5.41) is 16.4. The standard InChI is InChI=1S/C22H25N3O6S/c1-14-5-8-17(9-6-14)32(29,30)25-19-10-7-15(11-16(19)13-23-25)12-18(20(26)27)24-21(28)31-22(2,3)4/h5-11,13,18H,12H2,1-4H3,(H,24,28)(H,26,27). The van der Waals surface area contributed by atoms with Gasteiger partial charge in [0.15, 0.2) is 0 Å². The number of aryl methyl sites for hydroxylation is 1. The van der Waals surface area contributed by atoms with E-state index in [1.807, 2.05) is 6.92 Å². The van der Waals surface area contributed by atoms with Gasteiger partial charge in [0.2, 0.25) is 0 Å². The number of hydrogen-bond acceptors (Lipinski definition) is 6. The first-order valence-corrected chi connectivity index (χ1v) is 11.3. The monoisotopic (exact) mass is 459 g/mol. The number of carboxylic acid groups (broad SMARTS) is 1. The van der Waals surface area contributed by atoms with Crippen LogP contribution in [0.5, 0.6) is 0 Å². The van der Waals surface area contributed by atoms with Gasteiger partial charge in [-0.2, -0.15) is 17.6 Å². The molecule has 10 heteroatoms. The number of aliphatic carboxylic acids is 1. The highest BCUT2D eigenvalue weighted by Crippen LogP contribution is 2.22. The average Bonchev–Trinajstić information content (AvgIpc) is 3.10. The Morgan fingerprint density at radius 2 is 1.81 bits per heavy atom. The van der Waals surface area contributed by atoms with E-state index >= 15 is 0 Å². The molecule has 1 unspecified atom stereocenters. The molecule has 0 fully saturated rings. The van der Waals surface area contributed by atoms with Gasteiger partial charge in [-0.1, -0.05) is 23.8 Å². The molecular weight excluding hydrogens is 434 g/mol. The number of carboxylic acids is 1. The van der Waals surface area contributed by atoms with Crippen LogP contribution >= 0.6 is 0 Å². The Morgan fingerprint density at radius 3 is 2.41 bits per heavy atom. The highest BCUT2D eigenvalue weighted by molar-refractivity contribution is 7.90. The van der Waals surface area contributed by atoms with E-state index in [0.717, 1.165) is 9.65 Å². The van der Waals surface area contributed by atoms with Crippen molar-refractivity contribution in [3.63, 3.8) is 0 Å². The van der Waals surface area contributed by atoms with Crippen molar-refractivity contribution in [3.05, 3.63) is 59.8 Å². The maximum atomic E-state index is 13.0. The van der Waals surface area contributed by atoms with Crippen molar-refractivity contribution < 1.29 is 27.9 Å². The number of ether oxygens (including phenoxy) is 1. The lowest BCUT2D eigenvalue weighted by molar-refractivity contribution is -0.139. The van der Waals surface area contributed by atoms with E-state index < -0.39 is 33.7 Å². The van der Waals surface area contributed by atoms with E-state index in [9.17, 15) is 23.1 Å². The Morgan fingerprint density at radius 1 is 1.16 bits per heavy atom. The van der Waals surface area contributed by atoms with Gasteiger partial charge in [-0.15, -0.1) is 0 Å². The fraction of sp³-hybridized carbons (Fsp3) is 0.318. The van der Waals surface area contributed by atoms with Crippen molar-refractivity contribution in [3.8, 4) is 0 Å². The van der Waals surface area contributed by atoms with E-state index in [4.69, 9.17) is 4.74 Å². The van der Waals surface area contributed by atoms with Crippen LogP contribution in [0, 0.1) is 6.92 Å². The number of nitrogens with zero attached hydrogens (tertiary/aromatic N) is 2. The zero-order valence-electron chi connectivity index (χ0n) is 18.2. The van der Waals surface area contributed by atoms with Crippen LogP contribution in [0.1, 0.15) is 31.9 Å². The lowest BCUT2D eigenvalue weighted by Gasteiger charge is -2.22. The quantitative estimate of drug-likeness (QED) is 0.580. The molecule has 2 aromatic carbocycles. The van der Waals surface area contributed by atoms with E-state index in [1.165, 1.54) is 18.3 Å². The van der Waals surface area contributed by atoms with Gasteiger partial charge < -0.3 is 15.2 Å². The molecule has 0 spiro atoms. The van der Waals surface area contributed by atoms with Crippen molar-refractivity contribution >= 4 is 33.0 Å². The largest absolute Gasteiger partial charge is 0.480 e. The van der Waals surface area contributed by atoms with E-state index in [-0.39, 0.29) is 11.3 Å². The van der Waals surface area contributed by atoms with Crippen LogP contribution in [0.4, 0.5) is 4.79 Å². The summed E-state index contributed by atoms with van der Waals surface area (Å²) in [6, 6.07) is 10.1. The topological polar surface area (TPSA) is 128 Å². The van der Waals surface area contributed by atoms with Crippen LogP contribution in [-0.4, -0.2) is 46.4 Å². The summed E-state index contributed by atoms with van der Waals surface area (Å²) in [7, 11) is -3.88. The van der Waals surface area contributed by atoms with Gasteiger partial charge in [0, 0.05) is 11.8 Å². The molecule has 1 heterocycles. The van der Waals surface area contributed by atoms with Crippen molar-refractivity contribution in [1.82, 2.24) is 14.5 Å². The smallest absolute Gasteiger partial charge is 0.408 e. The summed E-state index contributed by atoms with van der Waals surface area (Å²) < 4.78 is 32.0. The lowest BCUT2D eigenvalue weighted by Crippen LogP contribution is -2.44. The second-order valence-corrected chi connectivity index (χ2v) is 10.2. The number of benzene rings is 2. The molecule has 2 N–H and O–H groups in total. The lowest BCUT2D eigenvalue weighted by atomic mass is 10.0. The van der Waals surface area contributed by atoms with Crippen LogP contribution in [0.15, 0.2) is 53.6 Å². The van der Waals surface area contributed by atoms with Crippen molar-refractivity contribution in [2.45, 2.75) is 50.7 Å². The van der Waals surface area contributed by atoms with Gasteiger partial charge in [-0.25, -0.2) is 9.59 Å². The molecule has 0 saturated heterocycles. The predicted molar refractivity (Wildman–Crippen MR) is 118 cm³/mol. The molecule has 1 aromatic heterocycles. The second kappa shape index (κ2) is 8.62. The number of hydrogen-bond donors (Lipinski definition) is 2. The van der Waals surface area contributed by atoms with Gasteiger partial charge in [-0.05, 0) is 57.5 Å².